The molecule has 0 radical (unpaired) electrons. The molecule has 7 heteroatoms. The van der Waals surface area contributed by atoms with E-state index < -0.39 is 10.8 Å². The van der Waals surface area contributed by atoms with Crippen LogP contribution in [0.25, 0.3) is 32.8 Å². The fraction of sp³-hybridized carbons (Fsp3) is 0.0385. The van der Waals surface area contributed by atoms with Gasteiger partial charge in [0, 0.05) is 57.8 Å². The Kier molecular flexibility index (Phi) is 4.16. The lowest BCUT2D eigenvalue weighted by Crippen LogP contribution is -2.15. The van der Waals surface area contributed by atoms with Gasteiger partial charge in [-0.1, -0.05) is 36.4 Å². The maximum absolute atomic E-state index is 13.7. The van der Waals surface area contributed by atoms with Gasteiger partial charge < -0.3 is 14.4 Å². The predicted octanol–water partition coefficient (Wildman–Crippen LogP) is 5.84. The number of benzene rings is 3. The minimum absolute atomic E-state index is 0.150. The Bertz CT molecular complexity index is 1670. The highest BCUT2D eigenvalue weighted by Gasteiger charge is 2.27. The van der Waals surface area contributed by atoms with Gasteiger partial charge in [-0.05, 0) is 29.3 Å². The van der Waals surface area contributed by atoms with Gasteiger partial charge in [0.1, 0.15) is 5.58 Å². The van der Waals surface area contributed by atoms with Crippen LogP contribution in [0.5, 0.6) is 0 Å². The summed E-state index contributed by atoms with van der Waals surface area (Å²) in [6, 6.07) is 19.9. The first-order valence-electron chi connectivity index (χ1n) is 10.4. The van der Waals surface area contributed by atoms with Crippen molar-refractivity contribution in [2.75, 3.05) is 0 Å². The van der Waals surface area contributed by atoms with E-state index in [2.05, 4.69) is 9.97 Å². The molecule has 0 aliphatic rings. The molecule has 2 N–H and O–H groups in total. The van der Waals surface area contributed by atoms with Gasteiger partial charge in [0.2, 0.25) is 0 Å². The van der Waals surface area contributed by atoms with Gasteiger partial charge >= 0.3 is 0 Å². The Hall–Kier alpha value is -4.65. The van der Waals surface area contributed by atoms with E-state index in [-0.39, 0.29) is 16.5 Å². The normalized spacial score (nSPS) is 11.7. The average Bonchev–Trinajstić information content (AvgIpc) is 3.46. The SMILES string of the molecule is O=c1c(C(c2c[nH]c3ccccc23)c2c[nH]c3ccccc23)coc2ccc([N+](=O)[O-])cc12. The summed E-state index contributed by atoms with van der Waals surface area (Å²) >= 11 is 0. The largest absolute Gasteiger partial charge is 0.464 e. The molecule has 33 heavy (non-hydrogen) atoms. The lowest BCUT2D eigenvalue weighted by molar-refractivity contribution is -0.384. The molecule has 0 bridgehead atoms. The highest BCUT2D eigenvalue weighted by molar-refractivity contribution is 5.89. The molecule has 3 aromatic heterocycles. The van der Waals surface area contributed by atoms with Gasteiger partial charge in [0.25, 0.3) is 5.69 Å². The number of para-hydroxylation sites is 2. The summed E-state index contributed by atoms with van der Waals surface area (Å²) in [5.41, 5.74) is 4.04. The molecule has 0 fully saturated rings. The number of nitro groups is 1. The van der Waals surface area contributed by atoms with Gasteiger partial charge in [-0.2, -0.15) is 0 Å². The molecule has 3 heterocycles. The minimum Gasteiger partial charge on any atom is -0.464 e. The number of nitro benzene ring substituents is 1. The maximum atomic E-state index is 13.7. The van der Waals surface area contributed by atoms with E-state index in [4.69, 9.17) is 4.42 Å². The number of non-ortho nitro benzene ring substituents is 1. The van der Waals surface area contributed by atoms with E-state index in [1.54, 1.807) is 0 Å². The van der Waals surface area contributed by atoms with Crippen molar-refractivity contribution in [1.29, 1.82) is 0 Å². The van der Waals surface area contributed by atoms with Crippen LogP contribution in [0.4, 0.5) is 5.69 Å². The molecular weight excluding hydrogens is 418 g/mol. The van der Waals surface area contributed by atoms with Crippen LogP contribution in [0.2, 0.25) is 0 Å². The number of fused-ring (bicyclic) bond motifs is 3. The second-order valence-electron chi connectivity index (χ2n) is 7.97. The number of nitrogens with zero attached hydrogens (tertiary/aromatic N) is 1. The van der Waals surface area contributed by atoms with Crippen molar-refractivity contribution in [3.05, 3.63) is 122 Å². The Morgan fingerprint density at radius 1 is 0.788 bits per heavy atom. The smallest absolute Gasteiger partial charge is 0.270 e. The summed E-state index contributed by atoms with van der Waals surface area (Å²) < 4.78 is 5.82. The van der Waals surface area contributed by atoms with Crippen LogP contribution in [0, 0.1) is 10.1 Å². The summed E-state index contributed by atoms with van der Waals surface area (Å²) in [4.78, 5) is 31.1. The Balaban J connectivity index is 1.68. The number of rotatable bonds is 4. The van der Waals surface area contributed by atoms with Crippen molar-refractivity contribution in [3.63, 3.8) is 0 Å². The van der Waals surface area contributed by atoms with Crippen LogP contribution >= 0.6 is 0 Å². The molecule has 160 valence electrons. The number of hydrogen-bond acceptors (Lipinski definition) is 4. The first-order chi connectivity index (χ1) is 16.1. The fourth-order valence-corrected chi connectivity index (χ4v) is 4.62. The molecular formula is C26H17N3O4. The molecule has 0 aliphatic carbocycles. The number of hydrogen-bond donors (Lipinski definition) is 2. The van der Waals surface area contributed by atoms with Crippen molar-refractivity contribution >= 4 is 38.5 Å². The van der Waals surface area contributed by atoms with Gasteiger partial charge in [0.05, 0.1) is 16.6 Å². The van der Waals surface area contributed by atoms with Gasteiger partial charge in [0.15, 0.2) is 5.43 Å². The minimum atomic E-state index is -0.512. The molecule has 0 saturated carbocycles. The standard InChI is InChI=1S/C26H17N3O4/c30-26-18-11-15(29(31)32)9-10-24(18)33-14-21(26)25(19-12-27-22-7-3-1-5-16(19)22)20-13-28-23-8-4-2-6-17(20)23/h1-14,25,27-28H. The van der Waals surface area contributed by atoms with Crippen molar-refractivity contribution in [2.24, 2.45) is 0 Å². The predicted molar refractivity (Wildman–Crippen MR) is 127 cm³/mol. The quantitative estimate of drug-likeness (QED) is 0.268. The monoisotopic (exact) mass is 435 g/mol. The number of aromatic amines is 2. The number of aromatic nitrogens is 2. The molecule has 0 aliphatic heterocycles. The molecule has 0 atom stereocenters. The van der Waals surface area contributed by atoms with Crippen LogP contribution in [0.1, 0.15) is 22.6 Å². The van der Waals surface area contributed by atoms with E-state index in [0.29, 0.717) is 11.1 Å². The van der Waals surface area contributed by atoms with Crippen LogP contribution in [0.15, 0.2) is 94.6 Å². The number of H-pyrrole nitrogens is 2. The second kappa shape index (κ2) is 7.20. The first-order valence-corrected chi connectivity index (χ1v) is 10.4. The zero-order valence-corrected chi connectivity index (χ0v) is 17.2. The Morgan fingerprint density at radius 2 is 1.39 bits per heavy atom. The third-order valence-electron chi connectivity index (χ3n) is 6.17. The average molecular weight is 435 g/mol. The molecule has 0 saturated heterocycles. The first kappa shape index (κ1) is 19.1. The fourth-order valence-electron chi connectivity index (χ4n) is 4.62. The molecule has 0 unspecified atom stereocenters. The summed E-state index contributed by atoms with van der Waals surface area (Å²) in [5, 5.41) is 13.5. The highest BCUT2D eigenvalue weighted by atomic mass is 16.6. The zero-order chi connectivity index (χ0) is 22.5. The van der Waals surface area contributed by atoms with Crippen LogP contribution in [-0.4, -0.2) is 14.9 Å². The van der Waals surface area contributed by atoms with Crippen molar-refractivity contribution in [1.82, 2.24) is 9.97 Å². The van der Waals surface area contributed by atoms with E-state index >= 15 is 0 Å². The Morgan fingerprint density at radius 3 is 2.00 bits per heavy atom. The van der Waals surface area contributed by atoms with Gasteiger partial charge in [-0.15, -0.1) is 0 Å². The lowest BCUT2D eigenvalue weighted by Gasteiger charge is -2.16. The molecule has 0 amide bonds. The van der Waals surface area contributed by atoms with Gasteiger partial charge in [-0.3, -0.25) is 14.9 Å². The summed E-state index contributed by atoms with van der Waals surface area (Å²) in [6.45, 7) is 0. The third-order valence-corrected chi connectivity index (χ3v) is 6.17. The molecule has 7 nitrogen and oxygen atoms in total. The summed E-state index contributed by atoms with van der Waals surface area (Å²) in [6.07, 6.45) is 5.30. The second-order valence-corrected chi connectivity index (χ2v) is 7.97. The molecule has 0 spiro atoms. The van der Waals surface area contributed by atoms with E-state index in [0.717, 1.165) is 32.9 Å². The molecule has 3 aromatic carbocycles. The third kappa shape index (κ3) is 2.94. The number of nitrogens with one attached hydrogen (secondary N) is 2. The zero-order valence-electron chi connectivity index (χ0n) is 17.2. The molecule has 6 rings (SSSR count). The van der Waals surface area contributed by atoms with E-state index in [1.807, 2.05) is 60.9 Å². The lowest BCUT2D eigenvalue weighted by atomic mass is 9.85. The van der Waals surface area contributed by atoms with Crippen LogP contribution < -0.4 is 5.43 Å². The summed E-state index contributed by atoms with van der Waals surface area (Å²) in [7, 11) is 0. The van der Waals surface area contributed by atoms with Crippen molar-refractivity contribution in [3.8, 4) is 0 Å². The van der Waals surface area contributed by atoms with Crippen molar-refractivity contribution < 1.29 is 9.34 Å². The van der Waals surface area contributed by atoms with Gasteiger partial charge in [-0.25, -0.2) is 0 Å². The van der Waals surface area contributed by atoms with E-state index in [1.165, 1.54) is 24.5 Å². The maximum Gasteiger partial charge on any atom is 0.270 e. The topological polar surface area (TPSA) is 105 Å². The van der Waals surface area contributed by atoms with Crippen molar-refractivity contribution in [2.45, 2.75) is 5.92 Å². The van der Waals surface area contributed by atoms with E-state index in [9.17, 15) is 14.9 Å². The Labute approximate surface area is 186 Å². The highest BCUT2D eigenvalue weighted by Crippen LogP contribution is 2.38. The van der Waals surface area contributed by atoms with Crippen LogP contribution in [0.3, 0.4) is 0 Å². The summed E-state index contributed by atoms with van der Waals surface area (Å²) in [5.74, 6) is -0.447. The molecule has 6 aromatic rings. The van der Waals surface area contributed by atoms with Crippen LogP contribution in [-0.2, 0) is 0 Å².